The van der Waals surface area contributed by atoms with Gasteiger partial charge in [0.1, 0.15) is 5.03 Å². The molecule has 0 aliphatic carbocycles. The van der Waals surface area contributed by atoms with Gasteiger partial charge in [-0.1, -0.05) is 29.4 Å². The number of nitrogens with zero attached hydrogens (tertiary/aromatic N) is 1. The molecular weight excluding hydrogens is 296 g/mol. The highest BCUT2D eigenvalue weighted by atomic mass is 35.5. The molecular formula is C14H13ClN2O2S. The molecule has 2 aromatic rings. The Hall–Kier alpha value is -1.72. The monoisotopic (exact) mass is 308 g/mol. The van der Waals surface area contributed by atoms with Crippen LogP contribution in [0.1, 0.15) is 17.3 Å². The minimum Gasteiger partial charge on any atom is -0.462 e. The standard InChI is InChI=1S/C14H13ClN2O2S/c1-2-19-14(18)9-5-3-7-11(16)12(9)20-13-10(15)6-4-8-17-13/h3-8H,2,16H2,1H3. The molecule has 0 fully saturated rings. The van der Waals surface area contributed by atoms with Gasteiger partial charge in [0.05, 0.1) is 22.1 Å². The summed E-state index contributed by atoms with van der Waals surface area (Å²) in [6.45, 7) is 2.06. The van der Waals surface area contributed by atoms with Crippen LogP contribution in [0, 0.1) is 0 Å². The molecule has 4 nitrogen and oxygen atoms in total. The Morgan fingerprint density at radius 3 is 2.90 bits per heavy atom. The Kier molecular flexibility index (Phi) is 4.87. The quantitative estimate of drug-likeness (QED) is 0.690. The maximum absolute atomic E-state index is 11.9. The molecule has 6 heteroatoms. The third kappa shape index (κ3) is 3.23. The largest absolute Gasteiger partial charge is 0.462 e. The molecule has 0 aliphatic rings. The maximum Gasteiger partial charge on any atom is 0.339 e. The minimum absolute atomic E-state index is 0.308. The number of benzene rings is 1. The Balaban J connectivity index is 2.40. The average molecular weight is 309 g/mol. The number of esters is 1. The van der Waals surface area contributed by atoms with Gasteiger partial charge < -0.3 is 10.5 Å². The molecule has 104 valence electrons. The third-order valence-electron chi connectivity index (χ3n) is 2.46. The highest BCUT2D eigenvalue weighted by molar-refractivity contribution is 7.99. The van der Waals surface area contributed by atoms with E-state index in [-0.39, 0.29) is 0 Å². The first-order chi connectivity index (χ1) is 9.63. The molecule has 0 saturated heterocycles. The maximum atomic E-state index is 11.9. The Bertz CT molecular complexity index is 634. The van der Waals surface area contributed by atoms with Gasteiger partial charge in [0.15, 0.2) is 0 Å². The van der Waals surface area contributed by atoms with Crippen LogP contribution in [-0.2, 0) is 4.74 Å². The minimum atomic E-state index is -0.408. The van der Waals surface area contributed by atoms with Crippen LogP contribution in [0.4, 0.5) is 5.69 Å². The van der Waals surface area contributed by atoms with Crippen LogP contribution >= 0.6 is 23.4 Å². The topological polar surface area (TPSA) is 65.2 Å². The molecule has 0 bridgehead atoms. The van der Waals surface area contributed by atoms with Gasteiger partial charge in [-0.25, -0.2) is 9.78 Å². The van der Waals surface area contributed by atoms with E-state index >= 15 is 0 Å². The molecule has 0 radical (unpaired) electrons. The summed E-state index contributed by atoms with van der Waals surface area (Å²) in [7, 11) is 0. The van der Waals surface area contributed by atoms with Gasteiger partial charge in [-0.2, -0.15) is 0 Å². The van der Waals surface area contributed by atoms with E-state index in [0.29, 0.717) is 32.8 Å². The van der Waals surface area contributed by atoms with Crippen molar-refractivity contribution in [2.45, 2.75) is 16.8 Å². The Morgan fingerprint density at radius 2 is 2.20 bits per heavy atom. The van der Waals surface area contributed by atoms with Gasteiger partial charge in [0.25, 0.3) is 0 Å². The van der Waals surface area contributed by atoms with Crippen LogP contribution in [0.15, 0.2) is 46.5 Å². The molecule has 0 aliphatic heterocycles. The molecule has 2 N–H and O–H groups in total. The first-order valence-corrected chi connectivity index (χ1v) is 7.17. The van der Waals surface area contributed by atoms with Crippen molar-refractivity contribution in [1.29, 1.82) is 0 Å². The normalized spacial score (nSPS) is 10.3. The van der Waals surface area contributed by atoms with Crippen LogP contribution in [0.5, 0.6) is 0 Å². The predicted octanol–water partition coefficient (Wildman–Crippen LogP) is 3.65. The zero-order chi connectivity index (χ0) is 14.5. The van der Waals surface area contributed by atoms with Crippen LogP contribution in [0.2, 0.25) is 5.02 Å². The Labute approximate surface area is 126 Å². The summed E-state index contributed by atoms with van der Waals surface area (Å²) >= 11 is 7.33. The van der Waals surface area contributed by atoms with E-state index in [1.54, 1.807) is 43.5 Å². The lowest BCUT2D eigenvalue weighted by Gasteiger charge is -2.11. The van der Waals surface area contributed by atoms with E-state index in [1.807, 2.05) is 0 Å². The van der Waals surface area contributed by atoms with E-state index in [1.165, 1.54) is 11.8 Å². The zero-order valence-corrected chi connectivity index (χ0v) is 12.4. The summed E-state index contributed by atoms with van der Waals surface area (Å²) in [6, 6.07) is 8.59. The number of nitrogen functional groups attached to an aromatic ring is 1. The van der Waals surface area contributed by atoms with E-state index in [2.05, 4.69) is 4.98 Å². The molecule has 0 saturated carbocycles. The molecule has 20 heavy (non-hydrogen) atoms. The summed E-state index contributed by atoms with van der Waals surface area (Å²) < 4.78 is 5.03. The lowest BCUT2D eigenvalue weighted by Crippen LogP contribution is -2.07. The van der Waals surface area contributed by atoms with Crippen molar-refractivity contribution in [2.24, 2.45) is 0 Å². The van der Waals surface area contributed by atoms with Crippen LogP contribution < -0.4 is 5.73 Å². The van der Waals surface area contributed by atoms with Crippen LogP contribution in [0.25, 0.3) is 0 Å². The first kappa shape index (κ1) is 14.7. The highest BCUT2D eigenvalue weighted by Crippen LogP contribution is 2.37. The lowest BCUT2D eigenvalue weighted by atomic mass is 10.2. The van der Waals surface area contributed by atoms with Crippen molar-refractivity contribution in [2.75, 3.05) is 12.3 Å². The van der Waals surface area contributed by atoms with Gasteiger partial charge >= 0.3 is 5.97 Å². The number of rotatable bonds is 4. The van der Waals surface area contributed by atoms with Gasteiger partial charge in [-0.15, -0.1) is 0 Å². The number of hydrogen-bond donors (Lipinski definition) is 1. The molecule has 0 spiro atoms. The van der Waals surface area contributed by atoms with E-state index in [4.69, 9.17) is 22.1 Å². The zero-order valence-electron chi connectivity index (χ0n) is 10.8. The van der Waals surface area contributed by atoms with E-state index in [9.17, 15) is 4.79 Å². The number of carbonyl (C=O) groups excluding carboxylic acids is 1. The van der Waals surface area contributed by atoms with Crippen molar-refractivity contribution in [1.82, 2.24) is 4.98 Å². The van der Waals surface area contributed by atoms with Crippen molar-refractivity contribution in [3.05, 3.63) is 47.1 Å². The molecule has 1 aromatic carbocycles. The summed E-state index contributed by atoms with van der Waals surface area (Å²) in [5, 5.41) is 1.10. The molecule has 0 amide bonds. The summed E-state index contributed by atoms with van der Waals surface area (Å²) in [5.41, 5.74) is 6.86. The summed E-state index contributed by atoms with van der Waals surface area (Å²) in [4.78, 5) is 16.7. The summed E-state index contributed by atoms with van der Waals surface area (Å²) in [5.74, 6) is -0.408. The van der Waals surface area contributed by atoms with E-state index < -0.39 is 5.97 Å². The fourth-order valence-corrected chi connectivity index (χ4v) is 2.74. The van der Waals surface area contributed by atoms with Crippen molar-refractivity contribution in [3.63, 3.8) is 0 Å². The fraction of sp³-hybridized carbons (Fsp3) is 0.143. The van der Waals surface area contributed by atoms with Crippen LogP contribution in [-0.4, -0.2) is 17.6 Å². The van der Waals surface area contributed by atoms with Gasteiger partial charge in [-0.3, -0.25) is 0 Å². The predicted molar refractivity (Wildman–Crippen MR) is 80.2 cm³/mol. The second kappa shape index (κ2) is 6.63. The molecule has 1 heterocycles. The first-order valence-electron chi connectivity index (χ1n) is 5.97. The van der Waals surface area contributed by atoms with Crippen molar-refractivity contribution < 1.29 is 9.53 Å². The number of carbonyl (C=O) groups is 1. The van der Waals surface area contributed by atoms with Crippen molar-refractivity contribution in [3.8, 4) is 0 Å². The molecule has 2 rings (SSSR count). The summed E-state index contributed by atoms with van der Waals surface area (Å²) in [6.07, 6.45) is 1.64. The number of hydrogen-bond acceptors (Lipinski definition) is 5. The van der Waals surface area contributed by atoms with Gasteiger partial charge in [0.2, 0.25) is 0 Å². The number of nitrogens with two attached hydrogens (primary N) is 1. The number of halogens is 1. The number of pyridine rings is 1. The fourth-order valence-electron chi connectivity index (χ4n) is 1.58. The smallest absolute Gasteiger partial charge is 0.339 e. The number of aromatic nitrogens is 1. The second-order valence-electron chi connectivity index (χ2n) is 3.84. The van der Waals surface area contributed by atoms with Gasteiger partial charge in [-0.05, 0) is 31.2 Å². The highest BCUT2D eigenvalue weighted by Gasteiger charge is 2.17. The SMILES string of the molecule is CCOC(=O)c1cccc(N)c1Sc1ncccc1Cl. The number of ether oxygens (including phenoxy) is 1. The average Bonchev–Trinajstić information content (AvgIpc) is 2.43. The van der Waals surface area contributed by atoms with Crippen molar-refractivity contribution >= 4 is 35.0 Å². The molecule has 1 aromatic heterocycles. The third-order valence-corrected chi connectivity index (χ3v) is 4.06. The number of anilines is 1. The molecule has 0 atom stereocenters. The van der Waals surface area contributed by atoms with Crippen LogP contribution in [0.3, 0.4) is 0 Å². The lowest BCUT2D eigenvalue weighted by molar-refractivity contribution is 0.0522. The van der Waals surface area contributed by atoms with Gasteiger partial charge in [0, 0.05) is 11.9 Å². The Morgan fingerprint density at radius 1 is 1.40 bits per heavy atom. The van der Waals surface area contributed by atoms with E-state index in [0.717, 1.165) is 0 Å². The molecule has 0 unspecified atom stereocenters. The second-order valence-corrected chi connectivity index (χ2v) is 5.24.